The second-order valence-electron chi connectivity index (χ2n) is 5.47. The molecule has 0 atom stereocenters. The third kappa shape index (κ3) is 3.64. The molecular weight excluding hydrogens is 296 g/mol. The molecule has 1 fully saturated rings. The van der Waals surface area contributed by atoms with Crippen LogP contribution in [0.25, 0.3) is 0 Å². The van der Waals surface area contributed by atoms with Crippen molar-refractivity contribution in [1.82, 2.24) is 0 Å². The summed E-state index contributed by atoms with van der Waals surface area (Å²) in [6, 6.07) is 4.19. The molecule has 20 heavy (non-hydrogen) atoms. The maximum absolute atomic E-state index is 13.3. The summed E-state index contributed by atoms with van der Waals surface area (Å²) in [5.41, 5.74) is -0.651. The Bertz CT molecular complexity index is 479. The van der Waals surface area contributed by atoms with Crippen molar-refractivity contribution < 1.29 is 22.7 Å². The van der Waals surface area contributed by atoms with Gasteiger partial charge in [-0.1, -0.05) is 17.7 Å². The number of aliphatic hydroxyl groups is 1. The number of halogens is 5. The van der Waals surface area contributed by atoms with Crippen LogP contribution in [-0.2, 0) is 6.42 Å². The molecular formula is C14H15ClF4O. The van der Waals surface area contributed by atoms with E-state index < -0.39 is 23.5 Å². The average Bonchev–Trinajstić information content (AvgIpc) is 2.33. The average molecular weight is 311 g/mol. The van der Waals surface area contributed by atoms with Gasteiger partial charge in [0.1, 0.15) is 5.82 Å². The van der Waals surface area contributed by atoms with Crippen LogP contribution in [0.5, 0.6) is 0 Å². The SMILES string of the molecule is OC1(Cc2ccc(Cl)c(F)c2)CCC(C(F)(F)F)CC1. The number of rotatable bonds is 2. The summed E-state index contributed by atoms with van der Waals surface area (Å²) in [6.07, 6.45) is -4.09. The van der Waals surface area contributed by atoms with Crippen LogP contribution >= 0.6 is 11.6 Å². The van der Waals surface area contributed by atoms with Crippen molar-refractivity contribution in [3.05, 3.63) is 34.6 Å². The van der Waals surface area contributed by atoms with Crippen LogP contribution in [0.3, 0.4) is 0 Å². The Morgan fingerprint density at radius 1 is 1.25 bits per heavy atom. The minimum Gasteiger partial charge on any atom is -0.390 e. The lowest BCUT2D eigenvalue weighted by Crippen LogP contribution is -2.39. The zero-order chi connectivity index (χ0) is 15.0. The second kappa shape index (κ2) is 5.53. The van der Waals surface area contributed by atoms with E-state index in [4.69, 9.17) is 11.6 Å². The Morgan fingerprint density at radius 2 is 1.85 bits per heavy atom. The molecule has 0 radical (unpaired) electrons. The highest BCUT2D eigenvalue weighted by Gasteiger charge is 2.45. The topological polar surface area (TPSA) is 20.2 Å². The molecule has 1 aromatic rings. The summed E-state index contributed by atoms with van der Waals surface area (Å²) in [7, 11) is 0. The van der Waals surface area contributed by atoms with Gasteiger partial charge in [0.25, 0.3) is 0 Å². The van der Waals surface area contributed by atoms with E-state index in [1.807, 2.05) is 0 Å². The van der Waals surface area contributed by atoms with Crippen molar-refractivity contribution in [2.45, 2.75) is 43.9 Å². The van der Waals surface area contributed by atoms with Gasteiger partial charge >= 0.3 is 6.18 Å². The van der Waals surface area contributed by atoms with Gasteiger partial charge in [0, 0.05) is 6.42 Å². The minimum atomic E-state index is -4.20. The first-order valence-corrected chi connectivity index (χ1v) is 6.80. The molecule has 1 nitrogen and oxygen atoms in total. The maximum Gasteiger partial charge on any atom is 0.391 e. The van der Waals surface area contributed by atoms with Gasteiger partial charge in [-0.05, 0) is 43.4 Å². The van der Waals surface area contributed by atoms with Gasteiger partial charge < -0.3 is 5.11 Å². The van der Waals surface area contributed by atoms with Crippen molar-refractivity contribution in [2.75, 3.05) is 0 Å². The number of hydrogen-bond acceptors (Lipinski definition) is 1. The van der Waals surface area contributed by atoms with Crippen molar-refractivity contribution >= 4 is 11.6 Å². The fraction of sp³-hybridized carbons (Fsp3) is 0.571. The van der Waals surface area contributed by atoms with Gasteiger partial charge in [0.15, 0.2) is 0 Å². The first kappa shape index (κ1) is 15.6. The molecule has 0 bridgehead atoms. The molecule has 1 aliphatic carbocycles. The Labute approximate surface area is 119 Å². The van der Waals surface area contributed by atoms with Gasteiger partial charge in [0.2, 0.25) is 0 Å². The van der Waals surface area contributed by atoms with E-state index in [0.717, 1.165) is 0 Å². The normalized spacial score (nSPS) is 27.6. The Hall–Kier alpha value is -0.810. The molecule has 0 aliphatic heterocycles. The third-order valence-electron chi connectivity index (χ3n) is 3.90. The van der Waals surface area contributed by atoms with Gasteiger partial charge in [0.05, 0.1) is 16.5 Å². The fourth-order valence-electron chi connectivity index (χ4n) is 2.69. The molecule has 1 aliphatic rings. The lowest BCUT2D eigenvalue weighted by Gasteiger charge is -2.36. The fourth-order valence-corrected chi connectivity index (χ4v) is 2.81. The van der Waals surface area contributed by atoms with Crippen LogP contribution in [0.15, 0.2) is 18.2 Å². The van der Waals surface area contributed by atoms with Crippen LogP contribution in [0, 0.1) is 11.7 Å². The lowest BCUT2D eigenvalue weighted by atomic mass is 9.75. The van der Waals surface area contributed by atoms with Crippen LogP contribution in [-0.4, -0.2) is 16.9 Å². The van der Waals surface area contributed by atoms with Crippen LogP contribution in [0.1, 0.15) is 31.2 Å². The molecule has 0 spiro atoms. The number of alkyl halides is 3. The summed E-state index contributed by atoms with van der Waals surface area (Å²) in [6.45, 7) is 0. The largest absolute Gasteiger partial charge is 0.391 e. The molecule has 112 valence electrons. The molecule has 2 rings (SSSR count). The molecule has 1 saturated carbocycles. The van der Waals surface area contributed by atoms with E-state index in [-0.39, 0.29) is 37.1 Å². The van der Waals surface area contributed by atoms with Crippen molar-refractivity contribution in [3.63, 3.8) is 0 Å². The molecule has 0 saturated heterocycles. The highest BCUT2D eigenvalue weighted by Crippen LogP contribution is 2.42. The molecule has 6 heteroatoms. The van der Waals surface area contributed by atoms with Crippen LogP contribution in [0.4, 0.5) is 17.6 Å². The Balaban J connectivity index is 2.01. The predicted molar refractivity (Wildman–Crippen MR) is 68.1 cm³/mol. The van der Waals surface area contributed by atoms with Crippen molar-refractivity contribution in [3.8, 4) is 0 Å². The molecule has 0 unspecified atom stereocenters. The summed E-state index contributed by atoms with van der Waals surface area (Å²) in [4.78, 5) is 0. The van der Waals surface area contributed by atoms with Gasteiger partial charge in [-0.15, -0.1) is 0 Å². The molecule has 1 aromatic carbocycles. The first-order valence-electron chi connectivity index (χ1n) is 6.43. The summed E-state index contributed by atoms with van der Waals surface area (Å²) >= 11 is 5.56. The van der Waals surface area contributed by atoms with E-state index in [2.05, 4.69) is 0 Å². The Kier molecular flexibility index (Phi) is 4.30. The standard InChI is InChI=1S/C14H15ClF4O/c15-11-2-1-9(7-12(11)16)8-13(20)5-3-10(4-6-13)14(17,18)19/h1-2,7,10,20H,3-6,8H2. The maximum atomic E-state index is 13.3. The minimum absolute atomic E-state index is 0.0125. The summed E-state index contributed by atoms with van der Waals surface area (Å²) < 4.78 is 51.0. The number of benzene rings is 1. The van der Waals surface area contributed by atoms with E-state index in [9.17, 15) is 22.7 Å². The van der Waals surface area contributed by atoms with E-state index in [1.54, 1.807) is 6.07 Å². The molecule has 0 amide bonds. The highest BCUT2D eigenvalue weighted by molar-refractivity contribution is 6.30. The molecule has 0 heterocycles. The quantitative estimate of drug-likeness (QED) is 0.797. The predicted octanol–water partition coefficient (Wildman–Crippen LogP) is 4.51. The zero-order valence-corrected chi connectivity index (χ0v) is 11.4. The van der Waals surface area contributed by atoms with E-state index in [1.165, 1.54) is 12.1 Å². The number of hydrogen-bond donors (Lipinski definition) is 1. The summed E-state index contributed by atoms with van der Waals surface area (Å²) in [5, 5.41) is 10.3. The van der Waals surface area contributed by atoms with Crippen LogP contribution < -0.4 is 0 Å². The highest BCUT2D eigenvalue weighted by atomic mass is 35.5. The lowest BCUT2D eigenvalue weighted by molar-refractivity contribution is -0.192. The van der Waals surface area contributed by atoms with Crippen molar-refractivity contribution in [2.24, 2.45) is 5.92 Å². The van der Waals surface area contributed by atoms with Gasteiger partial charge in [-0.3, -0.25) is 0 Å². The first-order chi connectivity index (χ1) is 9.20. The smallest absolute Gasteiger partial charge is 0.390 e. The van der Waals surface area contributed by atoms with Crippen molar-refractivity contribution in [1.29, 1.82) is 0 Å². The third-order valence-corrected chi connectivity index (χ3v) is 4.20. The van der Waals surface area contributed by atoms with Crippen LogP contribution in [0.2, 0.25) is 5.02 Å². The molecule has 0 aromatic heterocycles. The van der Waals surface area contributed by atoms with E-state index in [0.29, 0.717) is 5.56 Å². The molecule has 1 N–H and O–H groups in total. The summed E-state index contributed by atoms with van der Waals surface area (Å²) in [5.74, 6) is -1.93. The van der Waals surface area contributed by atoms with Gasteiger partial charge in [-0.25, -0.2) is 4.39 Å². The van der Waals surface area contributed by atoms with Gasteiger partial charge in [-0.2, -0.15) is 13.2 Å². The second-order valence-corrected chi connectivity index (χ2v) is 5.87. The zero-order valence-electron chi connectivity index (χ0n) is 10.7. The Morgan fingerprint density at radius 3 is 2.35 bits per heavy atom. The monoisotopic (exact) mass is 310 g/mol. The van der Waals surface area contributed by atoms with E-state index >= 15 is 0 Å².